The van der Waals surface area contributed by atoms with E-state index in [1.807, 2.05) is 0 Å². The third kappa shape index (κ3) is 5.80. The fraction of sp³-hybridized carbons (Fsp3) is 0.250. The minimum Gasteiger partial charge on any atom is -0.490 e. The fourth-order valence-electron chi connectivity index (χ4n) is 3.68. The van der Waals surface area contributed by atoms with Gasteiger partial charge < -0.3 is 9.64 Å². The maximum absolute atomic E-state index is 14.9. The number of ether oxygens (including phenoxy) is 1. The van der Waals surface area contributed by atoms with Gasteiger partial charge in [-0.3, -0.25) is 9.69 Å². The number of rotatable bonds is 6. The molecule has 1 fully saturated rings. The molecule has 0 N–H and O–H groups in total. The lowest BCUT2D eigenvalue weighted by atomic mass is 10.1. The Bertz CT molecular complexity index is 1360. The number of pyridine rings is 1. The minimum atomic E-state index is -4.87. The van der Waals surface area contributed by atoms with Gasteiger partial charge in [-0.2, -0.15) is 18.4 Å². The molecule has 190 valence electrons. The van der Waals surface area contributed by atoms with Crippen LogP contribution in [0.15, 0.2) is 48.9 Å². The van der Waals surface area contributed by atoms with E-state index in [1.165, 1.54) is 29.2 Å². The van der Waals surface area contributed by atoms with Gasteiger partial charge in [0.15, 0.2) is 22.4 Å². The molecule has 8 nitrogen and oxygen atoms in total. The number of carbonyl (C=O) groups is 1. The molecule has 1 aliphatic rings. The molecular formula is C24H18F4N6O2S. The molecule has 2 aromatic heterocycles. The number of thiocarbonyl (C=S) groups is 1. The molecule has 0 radical (unpaired) electrons. The average molecular weight is 531 g/mol. The van der Waals surface area contributed by atoms with Crippen LogP contribution < -0.4 is 14.5 Å². The summed E-state index contributed by atoms with van der Waals surface area (Å²) in [6.07, 6.45) is -0.0218. The SMILES string of the molecule is N#Cc1ncc(N2C(=O)CCCN(c3ccc(OCCc4ncccn4)c(F)c3)C2=S)cc1C(F)(F)F. The molecule has 37 heavy (non-hydrogen) atoms. The van der Waals surface area contributed by atoms with Crippen LogP contribution in [0.25, 0.3) is 0 Å². The molecule has 0 spiro atoms. The van der Waals surface area contributed by atoms with Crippen LogP contribution >= 0.6 is 12.2 Å². The predicted octanol–water partition coefficient (Wildman–Crippen LogP) is 4.44. The van der Waals surface area contributed by atoms with Crippen LogP contribution in [0, 0.1) is 17.1 Å². The highest BCUT2D eigenvalue weighted by Gasteiger charge is 2.37. The summed E-state index contributed by atoms with van der Waals surface area (Å²) >= 11 is 5.46. The Kier molecular flexibility index (Phi) is 7.58. The van der Waals surface area contributed by atoms with Crippen molar-refractivity contribution in [1.82, 2.24) is 15.0 Å². The van der Waals surface area contributed by atoms with E-state index in [0.717, 1.165) is 11.1 Å². The van der Waals surface area contributed by atoms with E-state index in [0.29, 0.717) is 30.4 Å². The Balaban J connectivity index is 1.57. The summed E-state index contributed by atoms with van der Waals surface area (Å²) in [6, 6.07) is 7.85. The van der Waals surface area contributed by atoms with Crippen molar-refractivity contribution in [3.05, 3.63) is 71.8 Å². The highest BCUT2D eigenvalue weighted by molar-refractivity contribution is 7.81. The molecule has 0 bridgehead atoms. The van der Waals surface area contributed by atoms with Gasteiger partial charge in [0.2, 0.25) is 5.91 Å². The van der Waals surface area contributed by atoms with Crippen LogP contribution in [-0.2, 0) is 17.4 Å². The molecule has 0 unspecified atom stereocenters. The van der Waals surface area contributed by atoms with Gasteiger partial charge in [-0.1, -0.05) is 0 Å². The first-order chi connectivity index (χ1) is 17.7. The van der Waals surface area contributed by atoms with Crippen molar-refractivity contribution in [2.45, 2.75) is 25.4 Å². The Labute approximate surface area is 214 Å². The number of benzene rings is 1. The van der Waals surface area contributed by atoms with Crippen LogP contribution in [0.3, 0.4) is 0 Å². The lowest BCUT2D eigenvalue weighted by Crippen LogP contribution is -2.44. The molecule has 1 aromatic carbocycles. The molecule has 1 aliphatic heterocycles. The van der Waals surface area contributed by atoms with Gasteiger partial charge in [0.25, 0.3) is 0 Å². The van der Waals surface area contributed by atoms with Crippen molar-refractivity contribution in [3.63, 3.8) is 0 Å². The van der Waals surface area contributed by atoms with E-state index in [1.54, 1.807) is 18.5 Å². The van der Waals surface area contributed by atoms with Crippen LogP contribution in [0.4, 0.5) is 28.9 Å². The second-order valence-corrected chi connectivity index (χ2v) is 8.21. The monoisotopic (exact) mass is 530 g/mol. The van der Waals surface area contributed by atoms with E-state index in [9.17, 15) is 22.4 Å². The van der Waals surface area contributed by atoms with Gasteiger partial charge >= 0.3 is 6.18 Å². The maximum atomic E-state index is 14.9. The third-order valence-electron chi connectivity index (χ3n) is 5.42. The zero-order valence-corrected chi connectivity index (χ0v) is 19.9. The number of hydrogen-bond donors (Lipinski definition) is 0. The van der Waals surface area contributed by atoms with Crippen molar-refractivity contribution in [3.8, 4) is 11.8 Å². The van der Waals surface area contributed by atoms with E-state index in [2.05, 4.69) is 15.0 Å². The summed E-state index contributed by atoms with van der Waals surface area (Å²) in [7, 11) is 0. The van der Waals surface area contributed by atoms with Gasteiger partial charge in [0.05, 0.1) is 24.1 Å². The first-order valence-electron chi connectivity index (χ1n) is 11.0. The summed E-state index contributed by atoms with van der Waals surface area (Å²) in [6.45, 7) is 0.361. The number of alkyl halides is 3. The van der Waals surface area contributed by atoms with Crippen LogP contribution in [0.5, 0.6) is 5.75 Å². The van der Waals surface area contributed by atoms with Crippen molar-refractivity contribution >= 4 is 34.6 Å². The van der Waals surface area contributed by atoms with Crippen molar-refractivity contribution < 1.29 is 27.1 Å². The maximum Gasteiger partial charge on any atom is 0.419 e. The van der Waals surface area contributed by atoms with Gasteiger partial charge in [0, 0.05) is 43.5 Å². The Morgan fingerprint density at radius 3 is 2.57 bits per heavy atom. The lowest BCUT2D eigenvalue weighted by Gasteiger charge is -2.30. The van der Waals surface area contributed by atoms with Crippen LogP contribution in [0.2, 0.25) is 0 Å². The summed E-state index contributed by atoms with van der Waals surface area (Å²) in [5.74, 6) is -0.698. The number of hydrogen-bond acceptors (Lipinski definition) is 7. The van der Waals surface area contributed by atoms with Gasteiger partial charge in [0.1, 0.15) is 11.9 Å². The second kappa shape index (κ2) is 10.8. The number of amides is 1. The van der Waals surface area contributed by atoms with Gasteiger partial charge in [-0.05, 0) is 42.9 Å². The largest absolute Gasteiger partial charge is 0.490 e. The zero-order chi connectivity index (χ0) is 26.6. The quantitative estimate of drug-likeness (QED) is 0.341. The number of nitriles is 1. The van der Waals surface area contributed by atoms with Crippen molar-refractivity contribution in [1.29, 1.82) is 5.26 Å². The molecule has 3 heterocycles. The summed E-state index contributed by atoms with van der Waals surface area (Å²) in [5.41, 5.74) is -2.06. The number of carbonyl (C=O) groups excluding carboxylic acids is 1. The Hall–Kier alpha value is -4.18. The standard InChI is InChI=1S/C24H18F4N6O2S/c25-18-12-15(4-5-20(18)36-10-6-21-30-7-2-8-31-21)33-9-1-3-22(35)34(23(33)37)16-11-17(24(26,27)28)19(13-29)32-14-16/h2,4-5,7-8,11-12,14H,1,3,6,9-10H2. The summed E-state index contributed by atoms with van der Waals surface area (Å²) in [4.78, 5) is 26.9. The summed E-state index contributed by atoms with van der Waals surface area (Å²) < 4.78 is 60.8. The molecule has 0 atom stereocenters. The minimum absolute atomic E-state index is 0.0107. The molecule has 0 saturated carbocycles. The molecule has 1 amide bonds. The molecule has 1 saturated heterocycles. The van der Waals surface area contributed by atoms with E-state index < -0.39 is 29.2 Å². The van der Waals surface area contributed by atoms with Gasteiger partial charge in [-0.25, -0.2) is 19.3 Å². The number of aromatic nitrogens is 3. The number of nitrogens with zero attached hydrogens (tertiary/aromatic N) is 6. The fourth-order valence-corrected chi connectivity index (χ4v) is 4.09. The highest BCUT2D eigenvalue weighted by Crippen LogP contribution is 2.35. The molecular weight excluding hydrogens is 512 g/mol. The molecule has 4 rings (SSSR count). The molecule has 0 aliphatic carbocycles. The highest BCUT2D eigenvalue weighted by atomic mass is 32.1. The lowest BCUT2D eigenvalue weighted by molar-refractivity contribution is -0.138. The Morgan fingerprint density at radius 1 is 1.14 bits per heavy atom. The zero-order valence-electron chi connectivity index (χ0n) is 19.1. The number of anilines is 2. The third-order valence-corrected chi connectivity index (χ3v) is 5.82. The molecule has 3 aromatic rings. The Morgan fingerprint density at radius 2 is 1.89 bits per heavy atom. The topological polar surface area (TPSA) is 95.2 Å². The first kappa shape index (κ1) is 25.9. The summed E-state index contributed by atoms with van der Waals surface area (Å²) in [5, 5.41) is 8.86. The van der Waals surface area contributed by atoms with Gasteiger partial charge in [-0.15, -0.1) is 0 Å². The number of halogens is 4. The van der Waals surface area contributed by atoms with E-state index in [4.69, 9.17) is 22.2 Å². The molecule has 13 heteroatoms. The van der Waals surface area contributed by atoms with Crippen LogP contribution in [-0.4, -0.2) is 39.1 Å². The van der Waals surface area contributed by atoms with Crippen LogP contribution in [0.1, 0.15) is 29.9 Å². The second-order valence-electron chi connectivity index (χ2n) is 7.84. The smallest absolute Gasteiger partial charge is 0.419 e. The average Bonchev–Trinajstić information content (AvgIpc) is 3.02. The van der Waals surface area contributed by atoms with Crippen molar-refractivity contribution in [2.24, 2.45) is 0 Å². The first-order valence-corrected chi connectivity index (χ1v) is 11.4. The van der Waals surface area contributed by atoms with E-state index in [-0.39, 0.29) is 36.1 Å². The van der Waals surface area contributed by atoms with Crippen molar-refractivity contribution in [2.75, 3.05) is 23.0 Å². The van der Waals surface area contributed by atoms with E-state index >= 15 is 0 Å². The predicted molar refractivity (Wildman–Crippen MR) is 128 cm³/mol. The normalized spacial score (nSPS) is 14.4.